The summed E-state index contributed by atoms with van der Waals surface area (Å²) in [6, 6.07) is 31.3. The number of benzene rings is 4. The van der Waals surface area contributed by atoms with E-state index >= 15 is 0 Å². The molecule has 0 spiro atoms. The fraction of sp³-hybridized carbons (Fsp3) is 0.100. The van der Waals surface area contributed by atoms with Gasteiger partial charge in [0, 0.05) is 29.8 Å². The average Bonchev–Trinajstić information content (AvgIpc) is 3.45. The van der Waals surface area contributed by atoms with Crippen LogP contribution in [0.1, 0.15) is 32.6 Å². The van der Waals surface area contributed by atoms with Gasteiger partial charge in [0.2, 0.25) is 0 Å². The van der Waals surface area contributed by atoms with Gasteiger partial charge in [-0.3, -0.25) is 9.69 Å². The van der Waals surface area contributed by atoms with E-state index in [2.05, 4.69) is 15.3 Å². The van der Waals surface area contributed by atoms with E-state index in [4.69, 9.17) is 4.74 Å². The van der Waals surface area contributed by atoms with Gasteiger partial charge < -0.3 is 20.1 Å². The minimum atomic E-state index is -1.70. The fourth-order valence-corrected chi connectivity index (χ4v) is 4.82. The van der Waals surface area contributed by atoms with Crippen molar-refractivity contribution in [3.8, 4) is 6.01 Å². The molecule has 5 aromatic rings. The minimum absolute atomic E-state index is 0.0266. The zero-order chi connectivity index (χ0) is 26.1. The molecule has 1 unspecified atom stereocenters. The van der Waals surface area contributed by atoms with Crippen LogP contribution in [0.5, 0.6) is 6.01 Å². The number of fused-ring (bicyclic) bond motifs is 2. The number of aromatic nitrogens is 2. The van der Waals surface area contributed by atoms with Crippen molar-refractivity contribution in [2.75, 3.05) is 0 Å². The molecule has 2 amide bonds. The van der Waals surface area contributed by atoms with Crippen LogP contribution in [-0.4, -0.2) is 32.0 Å². The Hall–Kier alpha value is -4.95. The third-order valence-electron chi connectivity index (χ3n) is 6.68. The molecule has 0 fully saturated rings. The zero-order valence-electron chi connectivity index (χ0n) is 20.3. The number of amides is 2. The van der Waals surface area contributed by atoms with E-state index in [-0.39, 0.29) is 18.5 Å². The van der Waals surface area contributed by atoms with E-state index in [0.717, 1.165) is 11.1 Å². The second-order valence-corrected chi connectivity index (χ2v) is 9.10. The summed E-state index contributed by atoms with van der Waals surface area (Å²) in [5.74, 6) is -0.254. The lowest BCUT2D eigenvalue weighted by atomic mass is 9.93. The van der Waals surface area contributed by atoms with Crippen molar-refractivity contribution in [2.24, 2.45) is 0 Å². The van der Waals surface area contributed by atoms with Gasteiger partial charge in [-0.05, 0) is 29.3 Å². The number of ether oxygens (including phenoxy) is 1. The Kier molecular flexibility index (Phi) is 5.86. The maximum absolute atomic E-state index is 13.4. The Bertz CT molecular complexity index is 1630. The monoisotopic (exact) mass is 504 g/mol. The lowest BCUT2D eigenvalue weighted by Gasteiger charge is -2.35. The third kappa shape index (κ3) is 4.16. The molecule has 1 aromatic heterocycles. The highest BCUT2D eigenvalue weighted by atomic mass is 16.6. The molecule has 1 atom stereocenters. The number of carbonyl (C=O) groups is 2. The number of carbonyl (C=O) groups excluding carboxylic acids is 2. The number of hydrogen-bond acceptors (Lipinski definition) is 5. The van der Waals surface area contributed by atoms with E-state index in [9.17, 15) is 14.7 Å². The average molecular weight is 505 g/mol. The first-order chi connectivity index (χ1) is 18.5. The van der Waals surface area contributed by atoms with Crippen molar-refractivity contribution >= 4 is 23.0 Å². The Morgan fingerprint density at radius 1 is 0.921 bits per heavy atom. The van der Waals surface area contributed by atoms with Gasteiger partial charge in [0.25, 0.3) is 5.91 Å². The first-order valence-electron chi connectivity index (χ1n) is 12.2. The largest absolute Gasteiger partial charge is 0.415 e. The number of aliphatic hydroxyl groups is 1. The lowest BCUT2D eigenvalue weighted by molar-refractivity contribution is -0.0542. The molecule has 188 valence electrons. The van der Waals surface area contributed by atoms with Gasteiger partial charge in [-0.15, -0.1) is 0 Å². The van der Waals surface area contributed by atoms with Crippen LogP contribution >= 0.6 is 0 Å². The predicted octanol–water partition coefficient (Wildman–Crippen LogP) is 4.70. The molecule has 0 radical (unpaired) electrons. The quantitative estimate of drug-likeness (QED) is 0.311. The maximum Gasteiger partial charge on any atom is 0.415 e. The maximum atomic E-state index is 13.4. The Morgan fingerprint density at radius 3 is 2.37 bits per heavy atom. The Labute approximate surface area is 218 Å². The third-order valence-corrected chi connectivity index (χ3v) is 6.68. The molecule has 1 aliphatic rings. The van der Waals surface area contributed by atoms with Gasteiger partial charge in [-0.1, -0.05) is 84.9 Å². The summed E-state index contributed by atoms with van der Waals surface area (Å²) >= 11 is 0. The van der Waals surface area contributed by atoms with Crippen molar-refractivity contribution in [1.29, 1.82) is 0 Å². The van der Waals surface area contributed by atoms with Crippen LogP contribution < -0.4 is 10.1 Å². The Morgan fingerprint density at radius 2 is 1.61 bits per heavy atom. The van der Waals surface area contributed by atoms with E-state index in [1.54, 1.807) is 42.5 Å². The Balaban J connectivity index is 1.30. The number of rotatable bonds is 6. The highest BCUT2D eigenvalue weighted by molar-refractivity contribution is 6.00. The van der Waals surface area contributed by atoms with E-state index in [1.165, 1.54) is 4.90 Å². The number of H-pyrrole nitrogens is 1. The molecule has 3 N–H and O–H groups in total. The van der Waals surface area contributed by atoms with Crippen LogP contribution in [0, 0.1) is 0 Å². The van der Waals surface area contributed by atoms with Crippen LogP contribution in [0.15, 0.2) is 103 Å². The molecule has 8 nitrogen and oxygen atoms in total. The highest BCUT2D eigenvalue weighted by Crippen LogP contribution is 2.43. The summed E-state index contributed by atoms with van der Waals surface area (Å²) in [5, 5.41) is 14.9. The van der Waals surface area contributed by atoms with Crippen LogP contribution in [0.25, 0.3) is 11.0 Å². The fourth-order valence-electron chi connectivity index (χ4n) is 4.82. The summed E-state index contributed by atoms with van der Waals surface area (Å²) in [5.41, 5.74) is 2.70. The summed E-state index contributed by atoms with van der Waals surface area (Å²) in [4.78, 5) is 34.5. The first kappa shape index (κ1) is 23.4. The van der Waals surface area contributed by atoms with Crippen molar-refractivity contribution < 1.29 is 19.4 Å². The van der Waals surface area contributed by atoms with Crippen molar-refractivity contribution in [1.82, 2.24) is 20.2 Å². The van der Waals surface area contributed by atoms with Gasteiger partial charge in [0.1, 0.15) is 0 Å². The van der Waals surface area contributed by atoms with Gasteiger partial charge >= 0.3 is 12.1 Å². The lowest BCUT2D eigenvalue weighted by Crippen LogP contribution is -2.44. The summed E-state index contributed by atoms with van der Waals surface area (Å²) in [6.07, 6.45) is -0.642. The summed E-state index contributed by atoms with van der Waals surface area (Å²) in [7, 11) is 0. The molecular weight excluding hydrogens is 480 g/mol. The molecule has 0 bridgehead atoms. The van der Waals surface area contributed by atoms with Gasteiger partial charge in [-0.2, -0.15) is 4.98 Å². The zero-order valence-corrected chi connectivity index (χ0v) is 20.3. The number of aromatic amines is 1. The first-order valence-corrected chi connectivity index (χ1v) is 12.2. The van der Waals surface area contributed by atoms with Gasteiger partial charge in [0.15, 0.2) is 5.72 Å². The smallest absolute Gasteiger partial charge is 0.375 e. The number of nitrogens with one attached hydrogen (secondary N) is 2. The van der Waals surface area contributed by atoms with Crippen LogP contribution in [-0.2, 0) is 18.8 Å². The van der Waals surface area contributed by atoms with Crippen LogP contribution in [0.3, 0.4) is 0 Å². The molecule has 0 aliphatic carbocycles. The molecule has 0 saturated carbocycles. The molecule has 2 heterocycles. The normalized spacial score (nSPS) is 16.4. The number of imidazole rings is 1. The predicted molar refractivity (Wildman–Crippen MR) is 141 cm³/mol. The van der Waals surface area contributed by atoms with E-state index < -0.39 is 11.8 Å². The van der Waals surface area contributed by atoms with Crippen molar-refractivity contribution in [3.63, 3.8) is 0 Å². The molecular formula is C30H24N4O4. The second kappa shape index (κ2) is 9.49. The number of nitrogens with zero attached hydrogens (tertiary/aromatic N) is 2. The number of hydrogen-bond donors (Lipinski definition) is 3. The van der Waals surface area contributed by atoms with Gasteiger partial charge in [0.05, 0.1) is 11.0 Å². The standard InChI is InChI=1S/C30H24N4O4/c35-27-23-13-7-8-14-24(23)30(37,34(27)19-21-11-5-2-6-12-21)22-15-16-25-26(17-22)33-28(32-25)38-29(36)31-18-20-9-3-1-4-10-20/h1-17,37H,18-19H2,(H,31,36)(H,32,33). The molecule has 6 rings (SSSR count). The highest BCUT2D eigenvalue weighted by Gasteiger charge is 2.49. The molecule has 8 heteroatoms. The van der Waals surface area contributed by atoms with Crippen LogP contribution in [0.2, 0.25) is 0 Å². The van der Waals surface area contributed by atoms with Crippen LogP contribution in [0.4, 0.5) is 4.79 Å². The van der Waals surface area contributed by atoms with E-state index in [1.807, 2.05) is 60.7 Å². The summed E-state index contributed by atoms with van der Waals surface area (Å²) in [6.45, 7) is 0.545. The minimum Gasteiger partial charge on any atom is -0.375 e. The molecule has 0 saturated heterocycles. The SMILES string of the molecule is O=C(NCc1ccccc1)Oc1nc2ccc(C3(O)c4ccccc4C(=O)N3Cc3ccccc3)cc2[nH]1. The topological polar surface area (TPSA) is 108 Å². The van der Waals surface area contributed by atoms with Gasteiger partial charge in [-0.25, -0.2) is 4.79 Å². The molecule has 38 heavy (non-hydrogen) atoms. The molecule has 1 aliphatic heterocycles. The van der Waals surface area contributed by atoms with Crippen molar-refractivity contribution in [2.45, 2.75) is 18.8 Å². The van der Waals surface area contributed by atoms with Crippen molar-refractivity contribution in [3.05, 3.63) is 131 Å². The van der Waals surface area contributed by atoms with E-state index in [0.29, 0.717) is 34.3 Å². The molecule has 4 aromatic carbocycles. The summed E-state index contributed by atoms with van der Waals surface area (Å²) < 4.78 is 5.34. The second-order valence-electron chi connectivity index (χ2n) is 9.10.